The van der Waals surface area contributed by atoms with Gasteiger partial charge in [-0.2, -0.15) is 0 Å². The average Bonchev–Trinajstić information content (AvgIpc) is 3.23. The van der Waals surface area contributed by atoms with Gasteiger partial charge in [0.25, 0.3) is 0 Å². The predicted molar refractivity (Wildman–Crippen MR) is 221 cm³/mol. The zero-order valence-electron chi connectivity index (χ0n) is 30.1. The van der Waals surface area contributed by atoms with E-state index in [0.717, 1.165) is 56.2 Å². The first-order valence-corrected chi connectivity index (χ1v) is 17.9. The number of hydrogen-bond donors (Lipinski definition) is 0. The Balaban J connectivity index is 1.13. The molecular weight excluding hydrogens is 665 g/mol. The van der Waals surface area contributed by atoms with Crippen LogP contribution in [0.15, 0.2) is 194 Å². The molecule has 0 atom stereocenters. The molecule has 54 heavy (non-hydrogen) atoms. The van der Waals surface area contributed by atoms with E-state index in [-0.39, 0.29) is 5.78 Å². The van der Waals surface area contributed by atoms with Gasteiger partial charge >= 0.3 is 0 Å². The zero-order valence-corrected chi connectivity index (χ0v) is 30.1. The summed E-state index contributed by atoms with van der Waals surface area (Å²) >= 11 is 0. The van der Waals surface area contributed by atoms with Gasteiger partial charge < -0.3 is 19.3 Å². The molecule has 0 spiro atoms. The van der Waals surface area contributed by atoms with E-state index >= 15 is 0 Å². The molecule has 0 aromatic heterocycles. The topological polar surface area (TPSA) is 42.0 Å². The Kier molecular flexibility index (Phi) is 9.60. The van der Waals surface area contributed by atoms with Gasteiger partial charge in [-0.15, -0.1) is 0 Å². The van der Waals surface area contributed by atoms with E-state index in [9.17, 15) is 4.79 Å². The third kappa shape index (κ3) is 7.03. The van der Waals surface area contributed by atoms with Crippen LogP contribution in [0.5, 0.6) is 17.2 Å². The first-order valence-electron chi connectivity index (χ1n) is 17.9. The number of anilines is 6. The Hall–Kier alpha value is -7.11. The van der Waals surface area contributed by atoms with Crippen LogP contribution >= 0.6 is 0 Å². The molecule has 0 heterocycles. The van der Waals surface area contributed by atoms with Gasteiger partial charge in [0.15, 0.2) is 5.78 Å². The van der Waals surface area contributed by atoms with Crippen molar-refractivity contribution < 1.29 is 14.3 Å². The maximum atomic E-state index is 13.0. The van der Waals surface area contributed by atoms with Crippen molar-refractivity contribution in [3.05, 3.63) is 211 Å². The first kappa shape index (κ1) is 34.0. The van der Waals surface area contributed by atoms with E-state index < -0.39 is 0 Å². The number of carbonyl (C=O) groups excluding carboxylic acids is 1. The number of ketones is 1. The van der Waals surface area contributed by atoms with Gasteiger partial charge in [0.1, 0.15) is 17.2 Å². The van der Waals surface area contributed by atoms with Crippen LogP contribution in [0, 0.1) is 6.92 Å². The number of nitrogens with zero attached hydrogens (tertiary/aromatic N) is 2. The first-order chi connectivity index (χ1) is 26.6. The molecule has 0 amide bonds. The highest BCUT2D eigenvalue weighted by Crippen LogP contribution is 2.44. The number of aryl methyl sites for hydroxylation is 1. The molecule has 5 heteroatoms. The molecule has 0 fully saturated rings. The van der Waals surface area contributed by atoms with E-state index in [1.54, 1.807) is 7.11 Å². The minimum absolute atomic E-state index is 0.0130. The largest absolute Gasteiger partial charge is 0.497 e. The molecule has 0 aliphatic carbocycles. The van der Waals surface area contributed by atoms with Gasteiger partial charge in [-0.25, -0.2) is 0 Å². The summed E-state index contributed by atoms with van der Waals surface area (Å²) in [5.74, 6) is 2.15. The molecule has 0 N–H and O–H groups in total. The number of hydrogen-bond acceptors (Lipinski definition) is 5. The molecule has 8 aromatic rings. The van der Waals surface area contributed by atoms with Gasteiger partial charge in [-0.1, -0.05) is 90.5 Å². The lowest BCUT2D eigenvalue weighted by Gasteiger charge is -2.30. The lowest BCUT2D eigenvalue weighted by atomic mass is 10.0. The number of para-hydroxylation sites is 2. The second-order valence-corrected chi connectivity index (χ2v) is 13.0. The van der Waals surface area contributed by atoms with Crippen molar-refractivity contribution in [1.82, 2.24) is 0 Å². The highest BCUT2D eigenvalue weighted by Gasteiger charge is 2.20. The summed E-state index contributed by atoms with van der Waals surface area (Å²) in [6, 6.07) is 65.0. The van der Waals surface area contributed by atoms with E-state index in [1.807, 2.05) is 91.9 Å². The fourth-order valence-corrected chi connectivity index (χ4v) is 6.75. The van der Waals surface area contributed by atoms with Gasteiger partial charge in [0, 0.05) is 44.6 Å². The summed E-state index contributed by atoms with van der Waals surface area (Å²) in [6.07, 6.45) is 0. The second-order valence-electron chi connectivity index (χ2n) is 13.0. The van der Waals surface area contributed by atoms with Gasteiger partial charge in [0.2, 0.25) is 0 Å². The average molecular weight is 703 g/mol. The third-order valence-electron chi connectivity index (χ3n) is 9.48. The fourth-order valence-electron chi connectivity index (χ4n) is 6.75. The molecule has 0 radical (unpaired) electrons. The van der Waals surface area contributed by atoms with E-state index in [0.29, 0.717) is 22.6 Å². The molecule has 0 bridgehead atoms. The SMILES string of the molecule is COc1ccc(N(c2ccccc2)c2cccc3c(N(c4ccccc4)c4ccc(Oc5ccc(C(=O)c6ccc(C)cc6)cc5)cc4)cccc23)cc1. The number of carbonyl (C=O) groups is 1. The fraction of sp³-hybridized carbons (Fsp3) is 0.0408. The van der Waals surface area contributed by atoms with E-state index in [1.165, 1.54) is 0 Å². The zero-order chi connectivity index (χ0) is 36.9. The quantitative estimate of drug-likeness (QED) is 0.126. The van der Waals surface area contributed by atoms with Crippen molar-refractivity contribution in [3.8, 4) is 17.2 Å². The number of methoxy groups -OCH3 is 1. The minimum atomic E-state index is -0.0130. The lowest BCUT2D eigenvalue weighted by molar-refractivity contribution is 0.103. The van der Waals surface area contributed by atoms with Crippen molar-refractivity contribution in [2.45, 2.75) is 6.92 Å². The van der Waals surface area contributed by atoms with Crippen LogP contribution in [-0.2, 0) is 0 Å². The number of ether oxygens (including phenoxy) is 2. The number of fused-ring (bicyclic) bond motifs is 1. The smallest absolute Gasteiger partial charge is 0.193 e. The Morgan fingerprint density at radius 3 is 1.24 bits per heavy atom. The number of benzene rings is 8. The molecule has 0 aliphatic heterocycles. The molecule has 5 nitrogen and oxygen atoms in total. The molecular formula is C49H38N2O3. The normalized spacial score (nSPS) is 10.9. The Labute approximate surface area is 315 Å². The molecule has 0 aliphatic rings. The van der Waals surface area contributed by atoms with Crippen molar-refractivity contribution in [2.24, 2.45) is 0 Å². The third-order valence-corrected chi connectivity index (χ3v) is 9.48. The van der Waals surface area contributed by atoms with E-state index in [2.05, 4.69) is 119 Å². The summed E-state index contributed by atoms with van der Waals surface area (Å²) in [4.78, 5) is 17.6. The summed E-state index contributed by atoms with van der Waals surface area (Å²) in [5, 5.41) is 2.22. The summed E-state index contributed by atoms with van der Waals surface area (Å²) in [7, 11) is 1.69. The van der Waals surface area contributed by atoms with Crippen LogP contribution < -0.4 is 19.3 Å². The summed E-state index contributed by atoms with van der Waals surface area (Å²) in [6.45, 7) is 2.01. The number of rotatable bonds is 11. The van der Waals surface area contributed by atoms with E-state index in [4.69, 9.17) is 9.47 Å². The minimum Gasteiger partial charge on any atom is -0.497 e. The van der Waals surface area contributed by atoms with Crippen molar-refractivity contribution in [1.29, 1.82) is 0 Å². The van der Waals surface area contributed by atoms with Crippen LogP contribution in [0.3, 0.4) is 0 Å². The summed E-state index contributed by atoms with van der Waals surface area (Å²) in [5.41, 5.74) is 8.63. The van der Waals surface area contributed by atoms with Gasteiger partial charge in [-0.05, 0) is 116 Å². The molecule has 0 unspecified atom stereocenters. The lowest BCUT2D eigenvalue weighted by Crippen LogP contribution is -2.12. The maximum Gasteiger partial charge on any atom is 0.193 e. The Morgan fingerprint density at radius 1 is 0.407 bits per heavy atom. The van der Waals surface area contributed by atoms with Crippen molar-refractivity contribution >= 4 is 50.7 Å². The van der Waals surface area contributed by atoms with Crippen LogP contribution in [-0.4, -0.2) is 12.9 Å². The summed E-state index contributed by atoms with van der Waals surface area (Å²) < 4.78 is 11.7. The van der Waals surface area contributed by atoms with Gasteiger partial charge in [0.05, 0.1) is 18.5 Å². The van der Waals surface area contributed by atoms with Crippen LogP contribution in [0.2, 0.25) is 0 Å². The van der Waals surface area contributed by atoms with Gasteiger partial charge in [-0.3, -0.25) is 4.79 Å². The maximum absolute atomic E-state index is 13.0. The highest BCUT2D eigenvalue weighted by atomic mass is 16.5. The second kappa shape index (κ2) is 15.2. The standard InChI is InChI=1S/C49H38N2O3/c1-35-19-21-36(22-20-35)49(52)37-23-29-43(30-24-37)54-44-33-27-41(28-34-44)51(39-13-7-4-8-14-39)48-18-10-15-45-46(48)16-9-17-47(45)50(38-11-5-3-6-12-38)40-25-31-42(53-2)32-26-40/h3-34H,1-2H3. The molecule has 0 saturated heterocycles. The highest BCUT2D eigenvalue weighted by molar-refractivity contribution is 6.09. The Morgan fingerprint density at radius 2 is 0.796 bits per heavy atom. The van der Waals surface area contributed by atoms with Crippen molar-refractivity contribution in [3.63, 3.8) is 0 Å². The predicted octanol–water partition coefficient (Wildman–Crippen LogP) is 13.1. The Bertz CT molecular complexity index is 2500. The van der Waals surface area contributed by atoms with Crippen LogP contribution in [0.25, 0.3) is 10.8 Å². The molecule has 0 saturated carbocycles. The molecule has 8 rings (SSSR count). The van der Waals surface area contributed by atoms with Crippen molar-refractivity contribution in [2.75, 3.05) is 16.9 Å². The molecule has 8 aromatic carbocycles. The van der Waals surface area contributed by atoms with Crippen LogP contribution in [0.1, 0.15) is 21.5 Å². The molecule has 262 valence electrons. The monoisotopic (exact) mass is 702 g/mol. The van der Waals surface area contributed by atoms with Crippen LogP contribution in [0.4, 0.5) is 34.1 Å².